The number of halogens is 1. The average molecular weight is 416 g/mol. The highest BCUT2D eigenvalue weighted by Gasteiger charge is 2.41. The Morgan fingerprint density at radius 1 is 1.04 bits per heavy atom. The zero-order chi connectivity index (χ0) is 21.2. The topological polar surface area (TPSA) is 66.4 Å². The monoisotopic (exact) mass is 415 g/mol. The summed E-state index contributed by atoms with van der Waals surface area (Å²) < 4.78 is 42.7. The molecule has 0 aliphatic carbocycles. The van der Waals surface area contributed by atoms with Crippen LogP contribution in [0.1, 0.15) is 85.5 Å². The molecule has 1 rings (SSSR count). The fraction of sp³-hybridized carbons (Fsp3) is 0.727. The molecule has 0 amide bonds. The van der Waals surface area contributed by atoms with Crippen molar-refractivity contribution in [2.75, 3.05) is 0 Å². The first kappa shape index (κ1) is 25.1. The van der Waals surface area contributed by atoms with E-state index in [9.17, 15) is 17.9 Å². The van der Waals surface area contributed by atoms with Crippen LogP contribution < -0.4 is 4.72 Å². The summed E-state index contributed by atoms with van der Waals surface area (Å²) in [7, 11) is -4.07. The minimum Gasteiger partial charge on any atom is -0.388 e. The van der Waals surface area contributed by atoms with E-state index in [-0.39, 0.29) is 10.8 Å². The second-order valence-corrected chi connectivity index (χ2v) is 9.62. The Kier molecular flexibility index (Phi) is 10.6. The first-order valence-electron chi connectivity index (χ1n) is 10.7. The van der Waals surface area contributed by atoms with E-state index in [0.717, 1.165) is 44.6 Å². The third kappa shape index (κ3) is 7.12. The number of sulfonamides is 1. The lowest BCUT2D eigenvalue weighted by Gasteiger charge is -2.40. The molecule has 0 unspecified atom stereocenters. The Morgan fingerprint density at radius 3 is 2.04 bits per heavy atom. The molecule has 0 fully saturated rings. The fourth-order valence-corrected chi connectivity index (χ4v) is 5.18. The molecule has 162 valence electrons. The van der Waals surface area contributed by atoms with E-state index in [2.05, 4.69) is 18.6 Å². The molecule has 0 bridgehead atoms. The molecule has 1 aromatic rings. The molecule has 2 atom stereocenters. The largest absolute Gasteiger partial charge is 0.388 e. The predicted octanol–water partition coefficient (Wildman–Crippen LogP) is 5.41. The quantitative estimate of drug-likeness (QED) is 0.399. The van der Waals surface area contributed by atoms with Crippen LogP contribution in [0, 0.1) is 11.7 Å². The summed E-state index contributed by atoms with van der Waals surface area (Å²) in [5, 5.41) is 11.6. The van der Waals surface area contributed by atoms with E-state index in [4.69, 9.17) is 0 Å². The van der Waals surface area contributed by atoms with Crippen LogP contribution >= 0.6 is 0 Å². The van der Waals surface area contributed by atoms with Crippen LogP contribution in [-0.2, 0) is 10.0 Å². The molecule has 6 heteroatoms. The lowest BCUT2D eigenvalue weighted by atomic mass is 9.78. The van der Waals surface area contributed by atoms with Gasteiger partial charge in [0.05, 0.1) is 11.6 Å². The van der Waals surface area contributed by atoms with E-state index in [1.807, 2.05) is 13.8 Å². The Bertz CT molecular complexity index is 668. The van der Waals surface area contributed by atoms with Gasteiger partial charge in [0, 0.05) is 0 Å². The van der Waals surface area contributed by atoms with Crippen molar-refractivity contribution in [2.24, 2.45) is 5.92 Å². The van der Waals surface area contributed by atoms with Gasteiger partial charge in [-0.1, -0.05) is 84.8 Å². The van der Waals surface area contributed by atoms with Gasteiger partial charge in [0.2, 0.25) is 10.0 Å². The molecular formula is C22H38FNO3S. The second kappa shape index (κ2) is 11.9. The maximum atomic E-state index is 14.1. The number of hydrogen-bond acceptors (Lipinski definition) is 3. The molecule has 28 heavy (non-hydrogen) atoms. The van der Waals surface area contributed by atoms with Crippen LogP contribution in [0.15, 0.2) is 29.2 Å². The van der Waals surface area contributed by atoms with E-state index < -0.39 is 27.5 Å². The van der Waals surface area contributed by atoms with Crippen molar-refractivity contribution >= 4 is 10.0 Å². The van der Waals surface area contributed by atoms with E-state index in [0.29, 0.717) is 19.3 Å². The summed E-state index contributed by atoms with van der Waals surface area (Å²) in [6.07, 6.45) is 7.51. The van der Waals surface area contributed by atoms with Crippen molar-refractivity contribution in [1.82, 2.24) is 4.72 Å². The second-order valence-electron chi connectivity index (χ2n) is 7.93. The number of aliphatic hydroxyl groups is 1. The van der Waals surface area contributed by atoms with Crippen molar-refractivity contribution in [1.29, 1.82) is 0 Å². The van der Waals surface area contributed by atoms with Gasteiger partial charge < -0.3 is 5.11 Å². The zero-order valence-electron chi connectivity index (χ0n) is 17.9. The smallest absolute Gasteiger partial charge is 0.243 e. The van der Waals surface area contributed by atoms with E-state index in [1.54, 1.807) is 0 Å². The van der Waals surface area contributed by atoms with Crippen molar-refractivity contribution in [2.45, 2.75) is 102 Å². The summed E-state index contributed by atoms with van der Waals surface area (Å²) >= 11 is 0. The van der Waals surface area contributed by atoms with Crippen molar-refractivity contribution < 1.29 is 17.9 Å². The van der Waals surface area contributed by atoms with Gasteiger partial charge in [0.25, 0.3) is 0 Å². The van der Waals surface area contributed by atoms with Gasteiger partial charge in [-0.05, 0) is 30.9 Å². The lowest BCUT2D eigenvalue weighted by molar-refractivity contribution is -0.0279. The molecular weight excluding hydrogens is 377 g/mol. The molecule has 1 aromatic carbocycles. The highest BCUT2D eigenvalue weighted by atomic mass is 32.2. The molecule has 0 radical (unpaired) electrons. The van der Waals surface area contributed by atoms with Crippen molar-refractivity contribution in [3.63, 3.8) is 0 Å². The van der Waals surface area contributed by atoms with Gasteiger partial charge in [0.15, 0.2) is 0 Å². The number of rotatable bonds is 14. The van der Waals surface area contributed by atoms with Crippen LogP contribution in [0.2, 0.25) is 0 Å². The standard InChI is InChI=1S/C22H38FNO3S/c1-5-8-12-16-22(25,17-13-9-6-2)21(18(4)7-3)24-28(26,27)20-15-11-10-14-19(20)23/h10-11,14-15,18,21,24-25H,5-9,12-13,16-17H2,1-4H3/t18-,21-/m0/s1. The molecule has 0 aliphatic heterocycles. The highest BCUT2D eigenvalue weighted by molar-refractivity contribution is 7.89. The SMILES string of the molecule is CCCCCC(O)(CCCCC)[C@@H](NS(=O)(=O)c1ccccc1F)[C@@H](C)CC. The molecule has 0 aromatic heterocycles. The van der Waals surface area contributed by atoms with Crippen LogP contribution in [-0.4, -0.2) is 25.2 Å². The summed E-state index contributed by atoms with van der Waals surface area (Å²) in [5.74, 6) is -0.854. The molecule has 0 spiro atoms. The first-order valence-corrected chi connectivity index (χ1v) is 12.2. The predicted molar refractivity (Wildman–Crippen MR) is 113 cm³/mol. The van der Waals surface area contributed by atoms with Gasteiger partial charge in [-0.15, -0.1) is 0 Å². The molecule has 0 saturated heterocycles. The maximum absolute atomic E-state index is 14.1. The van der Waals surface area contributed by atoms with Crippen LogP contribution in [0.25, 0.3) is 0 Å². The summed E-state index contributed by atoms with van der Waals surface area (Å²) in [4.78, 5) is -0.368. The van der Waals surface area contributed by atoms with E-state index in [1.165, 1.54) is 18.2 Å². The molecule has 0 saturated carbocycles. The van der Waals surface area contributed by atoms with Gasteiger partial charge >= 0.3 is 0 Å². The number of benzene rings is 1. The van der Waals surface area contributed by atoms with Gasteiger partial charge in [-0.3, -0.25) is 0 Å². The normalized spacial score (nSPS) is 14.8. The highest BCUT2D eigenvalue weighted by Crippen LogP contribution is 2.32. The molecule has 0 aliphatic rings. The minimum absolute atomic E-state index is 0.0743. The van der Waals surface area contributed by atoms with Crippen LogP contribution in [0.3, 0.4) is 0 Å². The Balaban J connectivity index is 3.20. The first-order chi connectivity index (χ1) is 13.2. The Hall–Kier alpha value is -0.980. The minimum atomic E-state index is -4.07. The molecule has 2 N–H and O–H groups in total. The van der Waals surface area contributed by atoms with Crippen LogP contribution in [0.5, 0.6) is 0 Å². The summed E-state index contributed by atoms with van der Waals surface area (Å²) in [5.41, 5.74) is -1.14. The van der Waals surface area contributed by atoms with Gasteiger partial charge in [-0.25, -0.2) is 17.5 Å². The fourth-order valence-electron chi connectivity index (χ4n) is 3.68. The Morgan fingerprint density at radius 2 is 1.57 bits per heavy atom. The third-order valence-electron chi connectivity index (χ3n) is 5.63. The van der Waals surface area contributed by atoms with Gasteiger partial charge in [-0.2, -0.15) is 0 Å². The number of unbranched alkanes of at least 4 members (excludes halogenated alkanes) is 4. The lowest BCUT2D eigenvalue weighted by Crippen LogP contribution is -2.56. The summed E-state index contributed by atoms with van der Waals surface area (Å²) in [6.45, 7) is 8.12. The van der Waals surface area contributed by atoms with Crippen molar-refractivity contribution in [3.8, 4) is 0 Å². The van der Waals surface area contributed by atoms with Gasteiger partial charge in [0.1, 0.15) is 10.7 Å². The number of hydrogen-bond donors (Lipinski definition) is 2. The maximum Gasteiger partial charge on any atom is 0.243 e. The molecule has 0 heterocycles. The summed E-state index contributed by atoms with van der Waals surface area (Å²) in [6, 6.07) is 4.72. The van der Waals surface area contributed by atoms with E-state index >= 15 is 0 Å². The van der Waals surface area contributed by atoms with Crippen molar-refractivity contribution in [3.05, 3.63) is 30.1 Å². The third-order valence-corrected chi connectivity index (χ3v) is 7.10. The zero-order valence-corrected chi connectivity index (χ0v) is 18.7. The molecule has 4 nitrogen and oxygen atoms in total. The Labute approximate surface area is 171 Å². The number of nitrogens with one attached hydrogen (secondary N) is 1. The van der Waals surface area contributed by atoms with Crippen LogP contribution in [0.4, 0.5) is 4.39 Å². The average Bonchev–Trinajstić information content (AvgIpc) is 2.66.